The predicted molar refractivity (Wildman–Crippen MR) is 135 cm³/mol. The zero-order valence-corrected chi connectivity index (χ0v) is 21.4. The highest BCUT2D eigenvalue weighted by Gasteiger charge is 2.31. The molecule has 0 spiro atoms. The lowest BCUT2D eigenvalue weighted by atomic mass is 10.1. The molecule has 0 saturated carbocycles. The molecule has 0 radical (unpaired) electrons. The van der Waals surface area contributed by atoms with E-state index in [9.17, 15) is 13.2 Å². The third-order valence-electron chi connectivity index (χ3n) is 5.29. The maximum atomic E-state index is 12.9. The van der Waals surface area contributed by atoms with Crippen LogP contribution >= 0.6 is 24.0 Å². The van der Waals surface area contributed by atoms with Crippen molar-refractivity contribution in [1.82, 2.24) is 15.5 Å². The molecule has 1 heterocycles. The van der Waals surface area contributed by atoms with Gasteiger partial charge in [0, 0.05) is 65.2 Å². The van der Waals surface area contributed by atoms with Crippen LogP contribution in [-0.4, -0.2) is 76.9 Å². The van der Waals surface area contributed by atoms with Crippen molar-refractivity contribution in [3.05, 3.63) is 29.8 Å². The van der Waals surface area contributed by atoms with Gasteiger partial charge in [0.15, 0.2) is 5.96 Å². The van der Waals surface area contributed by atoms with E-state index in [-0.39, 0.29) is 24.0 Å². The fourth-order valence-electron chi connectivity index (χ4n) is 3.52. The maximum Gasteiger partial charge on any atom is 0.416 e. The molecule has 1 aliphatic heterocycles. The van der Waals surface area contributed by atoms with Gasteiger partial charge < -0.3 is 20.3 Å². The quantitative estimate of drug-likeness (QED) is 0.183. The number of aliphatic imine (C=N–C) groups is 1. The standard InChI is InChI=1S/C22H36F3N5O.HI/c1-3-31-17-5-4-10-27-21(26-2)28-11-7-12-29-13-15-30(16-14-29)20-9-6-8-19(18-20)22(23,24)25;/h6,8-9,18H,3-5,7,10-17H2,1-2H3,(H2,26,27,28);1H. The SMILES string of the molecule is CCOCCCCNC(=NC)NCCCN1CCN(c2cccc(C(F)(F)F)c2)CC1.I. The molecule has 10 heteroatoms. The number of nitrogens with zero attached hydrogens (tertiary/aromatic N) is 3. The highest BCUT2D eigenvalue weighted by molar-refractivity contribution is 14.0. The van der Waals surface area contributed by atoms with E-state index in [2.05, 4.69) is 20.5 Å². The Labute approximate surface area is 207 Å². The minimum Gasteiger partial charge on any atom is -0.382 e. The van der Waals surface area contributed by atoms with E-state index in [0.717, 1.165) is 90.3 Å². The lowest BCUT2D eigenvalue weighted by Crippen LogP contribution is -2.47. The number of benzene rings is 1. The number of rotatable bonds is 11. The van der Waals surface area contributed by atoms with Gasteiger partial charge in [-0.05, 0) is 50.9 Å². The smallest absolute Gasteiger partial charge is 0.382 e. The van der Waals surface area contributed by atoms with E-state index in [4.69, 9.17) is 4.74 Å². The first kappa shape index (κ1) is 28.8. The number of guanidine groups is 1. The highest BCUT2D eigenvalue weighted by Crippen LogP contribution is 2.31. The van der Waals surface area contributed by atoms with E-state index < -0.39 is 11.7 Å². The van der Waals surface area contributed by atoms with Crippen LogP contribution in [0.25, 0.3) is 0 Å². The summed E-state index contributed by atoms with van der Waals surface area (Å²) >= 11 is 0. The molecule has 1 saturated heterocycles. The Kier molecular flexibility index (Phi) is 14.0. The van der Waals surface area contributed by atoms with Gasteiger partial charge in [-0.25, -0.2) is 0 Å². The summed E-state index contributed by atoms with van der Waals surface area (Å²) in [7, 11) is 1.77. The zero-order chi connectivity index (χ0) is 22.5. The minimum atomic E-state index is -4.30. The van der Waals surface area contributed by atoms with Gasteiger partial charge in [0.05, 0.1) is 5.56 Å². The second kappa shape index (κ2) is 15.5. The van der Waals surface area contributed by atoms with Crippen LogP contribution in [0.15, 0.2) is 29.3 Å². The van der Waals surface area contributed by atoms with Crippen molar-refractivity contribution in [2.24, 2.45) is 4.99 Å². The van der Waals surface area contributed by atoms with Gasteiger partial charge in [-0.1, -0.05) is 6.07 Å². The highest BCUT2D eigenvalue weighted by atomic mass is 127. The first-order valence-corrected chi connectivity index (χ1v) is 11.1. The number of piperazine rings is 1. The van der Waals surface area contributed by atoms with Gasteiger partial charge in [0.25, 0.3) is 0 Å². The molecule has 0 aliphatic carbocycles. The van der Waals surface area contributed by atoms with Gasteiger partial charge >= 0.3 is 6.18 Å². The van der Waals surface area contributed by atoms with Gasteiger partial charge in [0.2, 0.25) is 0 Å². The molecule has 32 heavy (non-hydrogen) atoms. The summed E-state index contributed by atoms with van der Waals surface area (Å²) in [4.78, 5) is 8.62. The third-order valence-corrected chi connectivity index (χ3v) is 5.29. The molecule has 0 amide bonds. The van der Waals surface area contributed by atoms with E-state index in [1.165, 1.54) is 12.1 Å². The van der Waals surface area contributed by atoms with Crippen LogP contribution in [-0.2, 0) is 10.9 Å². The van der Waals surface area contributed by atoms with Gasteiger partial charge in [-0.2, -0.15) is 13.2 Å². The number of alkyl halides is 3. The van der Waals surface area contributed by atoms with Crippen molar-refractivity contribution in [3.63, 3.8) is 0 Å². The van der Waals surface area contributed by atoms with E-state index >= 15 is 0 Å². The predicted octanol–water partition coefficient (Wildman–Crippen LogP) is 3.82. The van der Waals surface area contributed by atoms with Crippen molar-refractivity contribution in [2.75, 3.05) is 71.0 Å². The average molecular weight is 571 g/mol. The van der Waals surface area contributed by atoms with E-state index in [1.807, 2.05) is 11.8 Å². The van der Waals surface area contributed by atoms with Crippen LogP contribution < -0.4 is 15.5 Å². The summed E-state index contributed by atoms with van der Waals surface area (Å²) in [5.41, 5.74) is 0.0575. The third kappa shape index (κ3) is 10.6. The summed E-state index contributed by atoms with van der Waals surface area (Å²) in [6, 6.07) is 5.60. The average Bonchev–Trinajstić information content (AvgIpc) is 2.77. The number of nitrogens with one attached hydrogen (secondary N) is 2. The van der Waals surface area contributed by atoms with E-state index in [0.29, 0.717) is 5.69 Å². The van der Waals surface area contributed by atoms with Crippen LogP contribution in [0.2, 0.25) is 0 Å². The molecule has 1 aromatic rings. The van der Waals surface area contributed by atoms with Crippen molar-refractivity contribution in [3.8, 4) is 0 Å². The Balaban J connectivity index is 0.00000512. The molecule has 0 bridgehead atoms. The molecule has 0 aromatic heterocycles. The summed E-state index contributed by atoms with van der Waals surface area (Å²) < 4.78 is 44.1. The molecular formula is C22H37F3IN5O. The number of hydrogen-bond acceptors (Lipinski definition) is 4. The number of unbranched alkanes of at least 4 members (excludes halogenated alkanes) is 1. The van der Waals surface area contributed by atoms with Crippen molar-refractivity contribution in [2.45, 2.75) is 32.4 Å². The molecule has 0 unspecified atom stereocenters. The van der Waals surface area contributed by atoms with Crippen LogP contribution in [0, 0.1) is 0 Å². The van der Waals surface area contributed by atoms with Gasteiger partial charge in [0.1, 0.15) is 0 Å². The first-order chi connectivity index (χ1) is 14.9. The van der Waals surface area contributed by atoms with E-state index in [1.54, 1.807) is 13.1 Å². The second-order valence-electron chi connectivity index (χ2n) is 7.56. The van der Waals surface area contributed by atoms with Gasteiger partial charge in [-0.3, -0.25) is 9.89 Å². The topological polar surface area (TPSA) is 52.1 Å². The Hall–Kier alpha value is -1.27. The van der Waals surface area contributed by atoms with Crippen LogP contribution in [0.4, 0.5) is 18.9 Å². The fraction of sp³-hybridized carbons (Fsp3) is 0.682. The van der Waals surface area contributed by atoms with Crippen molar-refractivity contribution < 1.29 is 17.9 Å². The van der Waals surface area contributed by atoms with Crippen LogP contribution in [0.3, 0.4) is 0 Å². The molecule has 1 fully saturated rings. The molecular weight excluding hydrogens is 534 g/mol. The van der Waals surface area contributed by atoms with Crippen LogP contribution in [0.1, 0.15) is 31.7 Å². The summed E-state index contributed by atoms with van der Waals surface area (Å²) in [6.07, 6.45) is -1.25. The number of halogens is 4. The number of ether oxygens (including phenoxy) is 1. The van der Waals surface area contributed by atoms with Crippen molar-refractivity contribution >= 4 is 35.6 Å². The van der Waals surface area contributed by atoms with Crippen molar-refractivity contribution in [1.29, 1.82) is 0 Å². The normalized spacial score (nSPS) is 15.4. The molecule has 1 aromatic carbocycles. The Morgan fingerprint density at radius 2 is 1.75 bits per heavy atom. The Bertz CT molecular complexity index is 667. The molecule has 184 valence electrons. The molecule has 2 rings (SSSR count). The largest absolute Gasteiger partial charge is 0.416 e. The zero-order valence-electron chi connectivity index (χ0n) is 19.1. The summed E-state index contributed by atoms with van der Waals surface area (Å²) in [5, 5.41) is 6.64. The molecule has 1 aliphatic rings. The minimum absolute atomic E-state index is 0. The lowest BCUT2D eigenvalue weighted by molar-refractivity contribution is -0.137. The maximum absolute atomic E-state index is 12.9. The summed E-state index contributed by atoms with van der Waals surface area (Å²) in [6.45, 7) is 9.37. The number of hydrogen-bond donors (Lipinski definition) is 2. The lowest BCUT2D eigenvalue weighted by Gasteiger charge is -2.36. The molecule has 6 nitrogen and oxygen atoms in total. The Morgan fingerprint density at radius 1 is 1.06 bits per heavy atom. The first-order valence-electron chi connectivity index (χ1n) is 11.1. The van der Waals surface area contributed by atoms with Crippen LogP contribution in [0.5, 0.6) is 0 Å². The van der Waals surface area contributed by atoms with Gasteiger partial charge in [-0.15, -0.1) is 24.0 Å². The summed E-state index contributed by atoms with van der Waals surface area (Å²) in [5.74, 6) is 0.811. The fourth-order valence-corrected chi connectivity index (χ4v) is 3.52. The second-order valence-corrected chi connectivity index (χ2v) is 7.56. The number of anilines is 1. The Morgan fingerprint density at radius 3 is 2.38 bits per heavy atom. The monoisotopic (exact) mass is 571 g/mol. The molecule has 2 N–H and O–H groups in total. The molecule has 0 atom stereocenters.